The molecule has 2 aromatic carbocycles. The summed E-state index contributed by atoms with van der Waals surface area (Å²) >= 11 is 0. The highest BCUT2D eigenvalue weighted by atomic mass is 16.3. The molecule has 102 valence electrons. The van der Waals surface area contributed by atoms with Crippen LogP contribution in [-0.4, -0.2) is 0 Å². The lowest BCUT2D eigenvalue weighted by atomic mass is 10.0. The maximum atomic E-state index is 6.15. The molecule has 1 heterocycles. The predicted molar refractivity (Wildman–Crippen MR) is 86.0 cm³/mol. The molecule has 0 unspecified atom stereocenters. The number of hydrogen-bond donors (Lipinski definition) is 0. The van der Waals surface area contributed by atoms with Gasteiger partial charge in [-0.15, -0.1) is 0 Å². The Hall–Kier alpha value is -2.41. The smallest absolute Gasteiger partial charge is 0.212 e. The van der Waals surface area contributed by atoms with Crippen molar-refractivity contribution in [3.8, 4) is 22.5 Å². The van der Waals surface area contributed by atoms with E-state index in [9.17, 15) is 0 Å². The van der Waals surface area contributed by atoms with E-state index in [0.717, 1.165) is 17.1 Å². The van der Waals surface area contributed by atoms with Crippen LogP contribution in [0.5, 0.6) is 0 Å². The van der Waals surface area contributed by atoms with E-state index in [4.69, 9.17) is 4.42 Å². The van der Waals surface area contributed by atoms with Crippen molar-refractivity contribution in [3.63, 3.8) is 0 Å². The van der Waals surface area contributed by atoms with Crippen LogP contribution in [0, 0.1) is 0 Å². The molecule has 1 fully saturated rings. The molecule has 4 rings (SSSR count). The van der Waals surface area contributed by atoms with E-state index in [1.54, 1.807) is 0 Å². The molecule has 1 aliphatic carbocycles. The largest absolute Gasteiger partial charge is 0.360 e. The van der Waals surface area contributed by atoms with Crippen molar-refractivity contribution < 1.29 is 4.42 Å². The third-order valence-corrected chi connectivity index (χ3v) is 3.96. The van der Waals surface area contributed by atoms with E-state index in [0.29, 0.717) is 5.92 Å². The van der Waals surface area contributed by atoms with Gasteiger partial charge in [-0.1, -0.05) is 48.5 Å². The molecule has 0 N–H and O–H groups in total. The standard InChI is InChI=1S/C20H17O/c1-3-7-15(8-4-1)18-13-19(16-9-5-2-6-10-16)21-20(14-18)17-11-12-17/h1-10,13-14,17H,11-12H2/q+1. The van der Waals surface area contributed by atoms with Crippen LogP contribution in [0.1, 0.15) is 24.5 Å². The van der Waals surface area contributed by atoms with Crippen molar-refractivity contribution in [2.24, 2.45) is 0 Å². The highest BCUT2D eigenvalue weighted by Gasteiger charge is 2.35. The average Bonchev–Trinajstić information content (AvgIpc) is 3.41. The van der Waals surface area contributed by atoms with Gasteiger partial charge in [0.2, 0.25) is 0 Å². The first-order valence-corrected chi connectivity index (χ1v) is 7.49. The Morgan fingerprint density at radius 3 is 1.90 bits per heavy atom. The summed E-state index contributed by atoms with van der Waals surface area (Å²) in [5.41, 5.74) is 3.62. The molecule has 1 saturated carbocycles. The van der Waals surface area contributed by atoms with E-state index in [1.807, 2.05) is 6.07 Å². The Labute approximate surface area is 124 Å². The molecule has 0 aliphatic heterocycles. The van der Waals surface area contributed by atoms with Crippen LogP contribution in [0.2, 0.25) is 0 Å². The molecule has 1 heteroatoms. The van der Waals surface area contributed by atoms with E-state index in [2.05, 4.69) is 66.7 Å². The van der Waals surface area contributed by atoms with Gasteiger partial charge in [-0.05, 0) is 30.5 Å². The molecular weight excluding hydrogens is 256 g/mol. The van der Waals surface area contributed by atoms with Gasteiger partial charge in [-0.2, -0.15) is 0 Å². The monoisotopic (exact) mass is 273 g/mol. The molecule has 1 aliphatic rings. The first-order valence-electron chi connectivity index (χ1n) is 7.49. The maximum absolute atomic E-state index is 6.15. The number of hydrogen-bond acceptors (Lipinski definition) is 0. The molecule has 1 nitrogen and oxygen atoms in total. The Morgan fingerprint density at radius 1 is 0.667 bits per heavy atom. The van der Waals surface area contributed by atoms with Gasteiger partial charge in [0.05, 0.1) is 17.5 Å². The predicted octanol–water partition coefficient (Wildman–Crippen LogP) is 5.77. The summed E-state index contributed by atoms with van der Waals surface area (Å²) < 4.78 is 6.15. The number of rotatable bonds is 3. The van der Waals surface area contributed by atoms with Gasteiger partial charge >= 0.3 is 11.5 Å². The lowest BCUT2D eigenvalue weighted by molar-refractivity contribution is 0.509. The van der Waals surface area contributed by atoms with Crippen LogP contribution in [0.15, 0.2) is 77.2 Å². The van der Waals surface area contributed by atoms with Crippen molar-refractivity contribution in [3.05, 3.63) is 78.6 Å². The van der Waals surface area contributed by atoms with Crippen LogP contribution < -0.4 is 0 Å². The fourth-order valence-corrected chi connectivity index (χ4v) is 2.63. The number of benzene rings is 2. The summed E-state index contributed by atoms with van der Waals surface area (Å²) in [4.78, 5) is 0. The van der Waals surface area contributed by atoms with Crippen molar-refractivity contribution in [1.82, 2.24) is 0 Å². The van der Waals surface area contributed by atoms with Crippen molar-refractivity contribution >= 4 is 0 Å². The van der Waals surface area contributed by atoms with Crippen molar-refractivity contribution in [2.75, 3.05) is 0 Å². The molecule has 0 bridgehead atoms. The van der Waals surface area contributed by atoms with Crippen LogP contribution in [0.4, 0.5) is 0 Å². The summed E-state index contributed by atoms with van der Waals surface area (Å²) in [6.07, 6.45) is 2.49. The van der Waals surface area contributed by atoms with Gasteiger partial charge in [0, 0.05) is 11.6 Å². The zero-order chi connectivity index (χ0) is 14.1. The fraction of sp³-hybridized carbons (Fsp3) is 0.150. The van der Waals surface area contributed by atoms with Crippen molar-refractivity contribution in [2.45, 2.75) is 18.8 Å². The van der Waals surface area contributed by atoms with Gasteiger partial charge in [-0.25, -0.2) is 4.42 Å². The van der Waals surface area contributed by atoms with Crippen LogP contribution >= 0.6 is 0 Å². The molecule has 0 spiro atoms. The van der Waals surface area contributed by atoms with Crippen LogP contribution in [-0.2, 0) is 0 Å². The Morgan fingerprint density at radius 2 is 1.29 bits per heavy atom. The molecule has 0 amide bonds. The SMILES string of the molecule is c1ccc(-c2cc(-c3ccccc3)[o+]c(C3CC3)c2)cc1. The third-order valence-electron chi connectivity index (χ3n) is 3.96. The maximum Gasteiger partial charge on any atom is 0.360 e. The first kappa shape index (κ1) is 12.3. The molecule has 3 aromatic rings. The topological polar surface area (TPSA) is 11.3 Å². The lowest BCUT2D eigenvalue weighted by Crippen LogP contribution is -1.87. The second-order valence-electron chi connectivity index (χ2n) is 5.62. The molecular formula is C20H17O+. The Bertz CT molecular complexity index is 686. The minimum atomic E-state index is 0.608. The van der Waals surface area contributed by atoms with Gasteiger partial charge in [-0.3, -0.25) is 0 Å². The zero-order valence-corrected chi connectivity index (χ0v) is 11.8. The quantitative estimate of drug-likeness (QED) is 0.551. The first-order chi connectivity index (χ1) is 10.4. The molecule has 0 atom stereocenters. The minimum absolute atomic E-state index is 0.608. The summed E-state index contributed by atoms with van der Waals surface area (Å²) in [6, 6.07) is 25.2. The second kappa shape index (κ2) is 5.17. The zero-order valence-electron chi connectivity index (χ0n) is 11.8. The van der Waals surface area contributed by atoms with Crippen molar-refractivity contribution in [1.29, 1.82) is 0 Å². The summed E-state index contributed by atoms with van der Waals surface area (Å²) in [6.45, 7) is 0. The van der Waals surface area contributed by atoms with E-state index >= 15 is 0 Å². The highest BCUT2D eigenvalue weighted by molar-refractivity contribution is 5.69. The summed E-state index contributed by atoms with van der Waals surface area (Å²) in [7, 11) is 0. The Kier molecular flexibility index (Phi) is 3.04. The molecule has 0 saturated heterocycles. The highest BCUT2D eigenvalue weighted by Crippen LogP contribution is 2.42. The normalized spacial score (nSPS) is 14.1. The van der Waals surface area contributed by atoms with Gasteiger partial charge in [0.15, 0.2) is 0 Å². The minimum Gasteiger partial charge on any atom is -0.212 e. The fourth-order valence-electron chi connectivity index (χ4n) is 2.63. The lowest BCUT2D eigenvalue weighted by Gasteiger charge is -2.01. The van der Waals surface area contributed by atoms with Gasteiger partial charge in [0.1, 0.15) is 0 Å². The second-order valence-corrected chi connectivity index (χ2v) is 5.62. The summed E-state index contributed by atoms with van der Waals surface area (Å²) in [5.74, 6) is 2.69. The Balaban J connectivity index is 1.86. The van der Waals surface area contributed by atoms with Gasteiger partial charge in [0.25, 0.3) is 0 Å². The van der Waals surface area contributed by atoms with Crippen LogP contribution in [0.25, 0.3) is 22.5 Å². The van der Waals surface area contributed by atoms with E-state index < -0.39 is 0 Å². The van der Waals surface area contributed by atoms with E-state index in [-0.39, 0.29) is 0 Å². The third kappa shape index (κ3) is 2.59. The molecule has 0 radical (unpaired) electrons. The average molecular weight is 273 g/mol. The molecule has 21 heavy (non-hydrogen) atoms. The van der Waals surface area contributed by atoms with Crippen LogP contribution in [0.3, 0.4) is 0 Å². The van der Waals surface area contributed by atoms with Gasteiger partial charge < -0.3 is 0 Å². The van der Waals surface area contributed by atoms with E-state index in [1.165, 1.54) is 24.0 Å². The summed E-state index contributed by atoms with van der Waals surface area (Å²) in [5, 5.41) is 0. The molecule has 1 aromatic heterocycles.